The van der Waals surface area contributed by atoms with Crippen LogP contribution in [-0.2, 0) is 6.42 Å². The van der Waals surface area contributed by atoms with E-state index in [0.717, 1.165) is 54.8 Å². The van der Waals surface area contributed by atoms with Crippen molar-refractivity contribution in [1.29, 1.82) is 0 Å². The number of aliphatic hydroxyl groups is 1. The van der Waals surface area contributed by atoms with Crippen LogP contribution in [0.3, 0.4) is 0 Å². The van der Waals surface area contributed by atoms with Crippen LogP contribution in [0.4, 0.5) is 0 Å². The molecule has 1 saturated heterocycles. The summed E-state index contributed by atoms with van der Waals surface area (Å²) in [6.07, 6.45) is 9.30. The Morgan fingerprint density at radius 2 is 1.86 bits per heavy atom. The van der Waals surface area contributed by atoms with E-state index in [1.54, 1.807) is 35.7 Å². The number of carbonyl (C=O) groups excluding carboxylic acids is 2. The van der Waals surface area contributed by atoms with Gasteiger partial charge in [-0.2, -0.15) is 0 Å². The van der Waals surface area contributed by atoms with Gasteiger partial charge in [0.25, 0.3) is 5.91 Å². The molecule has 1 unspecified atom stereocenters. The molecule has 8 heteroatoms. The largest absolute Gasteiger partial charge is 0.445 e. The van der Waals surface area contributed by atoms with Gasteiger partial charge < -0.3 is 14.4 Å². The van der Waals surface area contributed by atoms with Crippen LogP contribution in [-0.4, -0.2) is 44.3 Å². The minimum atomic E-state index is -0.556. The summed E-state index contributed by atoms with van der Waals surface area (Å²) in [5.74, 6) is 0.134. The van der Waals surface area contributed by atoms with Crippen molar-refractivity contribution in [3.05, 3.63) is 93.8 Å². The minimum absolute atomic E-state index is 0.0717. The number of aromatic nitrogens is 2. The fourth-order valence-corrected chi connectivity index (χ4v) is 7.57. The number of hydrogen-bond acceptors (Lipinski definition) is 7. The van der Waals surface area contributed by atoms with Gasteiger partial charge in [0.05, 0.1) is 18.3 Å². The maximum atomic E-state index is 14.0. The number of carbonyl (C=O) groups is 2. The van der Waals surface area contributed by atoms with Crippen molar-refractivity contribution in [2.75, 3.05) is 6.54 Å². The van der Waals surface area contributed by atoms with E-state index >= 15 is 0 Å². The highest BCUT2D eigenvalue weighted by Crippen LogP contribution is 2.37. The van der Waals surface area contributed by atoms with Gasteiger partial charge in [-0.05, 0) is 74.6 Å². The van der Waals surface area contributed by atoms with E-state index in [4.69, 9.17) is 4.42 Å². The van der Waals surface area contributed by atoms with E-state index in [1.807, 2.05) is 35.4 Å². The summed E-state index contributed by atoms with van der Waals surface area (Å²) in [7, 11) is 0. The Bertz CT molecular complexity index is 1510. The molecule has 2 aromatic carbocycles. The number of nitrogens with zero attached hydrogens (tertiary/aromatic N) is 3. The number of likely N-dealkylation sites (tertiary alicyclic amines) is 1. The molecule has 0 bridgehead atoms. The summed E-state index contributed by atoms with van der Waals surface area (Å²) in [5.41, 5.74) is 3.52. The molecule has 42 heavy (non-hydrogen) atoms. The zero-order valence-corrected chi connectivity index (χ0v) is 24.8. The lowest BCUT2D eigenvalue weighted by Crippen LogP contribution is -2.32. The third-order valence-electron chi connectivity index (χ3n) is 8.77. The normalized spacial score (nSPS) is 18.8. The van der Waals surface area contributed by atoms with Crippen molar-refractivity contribution in [2.45, 2.75) is 70.4 Å². The van der Waals surface area contributed by atoms with E-state index in [2.05, 4.69) is 22.1 Å². The van der Waals surface area contributed by atoms with Crippen molar-refractivity contribution >= 4 is 23.0 Å². The molecule has 6 rings (SSSR count). The molecule has 1 aliphatic carbocycles. The van der Waals surface area contributed by atoms with Gasteiger partial charge in [0.2, 0.25) is 5.89 Å². The van der Waals surface area contributed by atoms with Crippen LogP contribution >= 0.6 is 11.3 Å². The van der Waals surface area contributed by atoms with Gasteiger partial charge in [0.1, 0.15) is 11.3 Å². The summed E-state index contributed by atoms with van der Waals surface area (Å²) in [5, 5.41) is 14.4. The Kier molecular flexibility index (Phi) is 8.63. The molecule has 1 N–H and O–H groups in total. The Hall–Kier alpha value is -3.62. The lowest BCUT2D eigenvalue weighted by Gasteiger charge is -2.27. The van der Waals surface area contributed by atoms with E-state index in [0.29, 0.717) is 35.5 Å². The standard InChI is InChI=1S/C34H37N3O4S/c1-22-21-42-33(36-22)29-12-7-14-37(29)34(40)28-18-25(17-27(19-28)32-35-13-15-41-32)30(38)20-26(16-23-8-3-2-4-9-23)31(39)24-10-5-6-11-24/h2-4,8-9,13,15,17-19,21,24,26,29,31,39H,5-7,10-12,14,16,20H2,1H3/t26-,29?,31-/m1/s1. The summed E-state index contributed by atoms with van der Waals surface area (Å²) in [4.78, 5) is 38.8. The summed E-state index contributed by atoms with van der Waals surface area (Å²) in [6.45, 7) is 2.61. The molecule has 4 aromatic rings. The second-order valence-corrected chi connectivity index (χ2v) is 12.6. The number of aryl methyl sites for hydroxylation is 1. The van der Waals surface area contributed by atoms with Gasteiger partial charge in [-0.15, -0.1) is 11.3 Å². The summed E-state index contributed by atoms with van der Waals surface area (Å²) in [6, 6.07) is 15.2. The van der Waals surface area contributed by atoms with E-state index < -0.39 is 6.10 Å². The number of oxazole rings is 1. The topological polar surface area (TPSA) is 96.5 Å². The lowest BCUT2D eigenvalue weighted by atomic mass is 9.81. The molecular formula is C34H37N3O4S. The quantitative estimate of drug-likeness (QED) is 0.201. The Labute approximate surface area is 250 Å². The van der Waals surface area contributed by atoms with Crippen LogP contribution in [0.25, 0.3) is 11.5 Å². The average Bonchev–Trinajstić information content (AvgIpc) is 3.84. The van der Waals surface area contributed by atoms with Crippen molar-refractivity contribution in [3.8, 4) is 11.5 Å². The van der Waals surface area contributed by atoms with Crippen LogP contribution in [0.1, 0.15) is 88.0 Å². The van der Waals surface area contributed by atoms with Crippen molar-refractivity contribution in [2.24, 2.45) is 11.8 Å². The highest BCUT2D eigenvalue weighted by molar-refractivity contribution is 7.09. The van der Waals surface area contributed by atoms with E-state index in [-0.39, 0.29) is 36.0 Å². The molecule has 1 amide bonds. The molecule has 3 atom stereocenters. The van der Waals surface area contributed by atoms with Crippen molar-refractivity contribution < 1.29 is 19.1 Å². The molecule has 0 spiro atoms. The first-order chi connectivity index (χ1) is 20.5. The fourth-order valence-electron chi connectivity index (χ4n) is 6.63. The number of benzene rings is 2. The maximum Gasteiger partial charge on any atom is 0.254 e. The fraction of sp³-hybridized carbons (Fsp3) is 0.412. The number of rotatable bonds is 10. The molecule has 2 fully saturated rings. The van der Waals surface area contributed by atoms with E-state index in [1.165, 1.54) is 6.26 Å². The number of aliphatic hydroxyl groups excluding tert-OH is 1. The highest BCUT2D eigenvalue weighted by Gasteiger charge is 2.34. The second-order valence-electron chi connectivity index (χ2n) is 11.7. The Morgan fingerprint density at radius 3 is 2.57 bits per heavy atom. The molecule has 1 saturated carbocycles. The van der Waals surface area contributed by atoms with Crippen LogP contribution < -0.4 is 0 Å². The molecular weight excluding hydrogens is 546 g/mol. The predicted molar refractivity (Wildman–Crippen MR) is 162 cm³/mol. The Balaban J connectivity index is 1.30. The van der Waals surface area contributed by atoms with Crippen LogP contribution in [0.5, 0.6) is 0 Å². The zero-order valence-electron chi connectivity index (χ0n) is 23.9. The summed E-state index contributed by atoms with van der Waals surface area (Å²) >= 11 is 1.59. The first kappa shape index (κ1) is 28.5. The molecule has 218 valence electrons. The molecule has 3 heterocycles. The van der Waals surface area contributed by atoms with Gasteiger partial charge in [0.15, 0.2) is 5.78 Å². The smallest absolute Gasteiger partial charge is 0.254 e. The average molecular weight is 584 g/mol. The lowest BCUT2D eigenvalue weighted by molar-refractivity contribution is 0.0456. The van der Waals surface area contributed by atoms with Gasteiger partial charge in [-0.1, -0.05) is 43.2 Å². The van der Waals surface area contributed by atoms with Gasteiger partial charge >= 0.3 is 0 Å². The van der Waals surface area contributed by atoms with Crippen molar-refractivity contribution in [1.82, 2.24) is 14.9 Å². The number of thiazole rings is 1. The monoisotopic (exact) mass is 583 g/mol. The molecule has 1 aliphatic heterocycles. The second kappa shape index (κ2) is 12.7. The van der Waals surface area contributed by atoms with Crippen molar-refractivity contribution in [3.63, 3.8) is 0 Å². The third-order valence-corrected chi connectivity index (χ3v) is 9.83. The van der Waals surface area contributed by atoms with Gasteiger partial charge in [-0.3, -0.25) is 9.59 Å². The molecule has 2 aromatic heterocycles. The van der Waals surface area contributed by atoms with Gasteiger partial charge in [-0.25, -0.2) is 9.97 Å². The highest BCUT2D eigenvalue weighted by atomic mass is 32.1. The van der Waals surface area contributed by atoms with Crippen LogP contribution in [0, 0.1) is 18.8 Å². The summed E-state index contributed by atoms with van der Waals surface area (Å²) < 4.78 is 5.58. The number of Topliss-reactive ketones (excluding diaryl/α,β-unsaturated/α-hetero) is 1. The van der Waals surface area contributed by atoms with Crippen LogP contribution in [0.2, 0.25) is 0 Å². The first-order valence-electron chi connectivity index (χ1n) is 15.0. The van der Waals surface area contributed by atoms with Crippen LogP contribution in [0.15, 0.2) is 70.8 Å². The predicted octanol–water partition coefficient (Wildman–Crippen LogP) is 7.07. The number of amides is 1. The number of hydrogen-bond donors (Lipinski definition) is 1. The minimum Gasteiger partial charge on any atom is -0.445 e. The third kappa shape index (κ3) is 6.25. The zero-order chi connectivity index (χ0) is 29.1. The molecule has 7 nitrogen and oxygen atoms in total. The maximum absolute atomic E-state index is 14.0. The van der Waals surface area contributed by atoms with Gasteiger partial charge in [0, 0.05) is 40.7 Å². The molecule has 0 radical (unpaired) electrons. The number of ketones is 1. The Morgan fingerprint density at radius 1 is 1.07 bits per heavy atom. The SMILES string of the molecule is Cc1csc(C2CCCN2C(=O)c2cc(C(=O)C[C@@H](Cc3ccccc3)[C@H](O)C3CCCC3)cc(-c3ncco3)c2)n1. The first-order valence-corrected chi connectivity index (χ1v) is 15.9. The molecule has 2 aliphatic rings. The van der Waals surface area contributed by atoms with E-state index in [9.17, 15) is 14.7 Å².